The number of rotatable bonds is 6. The topological polar surface area (TPSA) is 67.5 Å². The lowest BCUT2D eigenvalue weighted by Crippen LogP contribution is -2.47. The van der Waals surface area contributed by atoms with Crippen molar-refractivity contribution in [3.8, 4) is 0 Å². The largest absolute Gasteiger partial charge is 0.357 e. The normalized spacial score (nSPS) is 17.9. The van der Waals surface area contributed by atoms with Crippen molar-refractivity contribution in [3.05, 3.63) is 59.4 Å². The Balaban J connectivity index is 1.20. The highest BCUT2D eigenvalue weighted by atomic mass is 16.1. The van der Waals surface area contributed by atoms with Gasteiger partial charge in [-0.05, 0) is 82.6 Å². The van der Waals surface area contributed by atoms with Crippen LogP contribution in [0.4, 0.5) is 5.82 Å². The van der Waals surface area contributed by atoms with Crippen LogP contribution in [0.2, 0.25) is 0 Å². The van der Waals surface area contributed by atoms with E-state index in [4.69, 9.17) is 0 Å². The van der Waals surface area contributed by atoms with Gasteiger partial charge in [-0.2, -0.15) is 0 Å². The summed E-state index contributed by atoms with van der Waals surface area (Å²) in [6, 6.07) is 12.8. The molecule has 2 N–H and O–H groups in total. The molecule has 2 fully saturated rings. The number of benzene rings is 1. The highest BCUT2D eigenvalue weighted by molar-refractivity contribution is 5.99. The number of fused-ring (bicyclic) bond motifs is 1. The molecule has 35 heavy (non-hydrogen) atoms. The molecule has 2 aliphatic heterocycles. The van der Waals surface area contributed by atoms with Crippen LogP contribution < -0.4 is 10.2 Å². The molecule has 5 rings (SSSR count). The number of anilines is 1. The fourth-order valence-corrected chi connectivity index (χ4v) is 5.22. The Hall–Kier alpha value is -2.90. The summed E-state index contributed by atoms with van der Waals surface area (Å²) in [7, 11) is 0. The van der Waals surface area contributed by atoms with Crippen LogP contribution in [0.1, 0.15) is 55.2 Å². The van der Waals surface area contributed by atoms with Crippen molar-refractivity contribution >= 4 is 22.6 Å². The van der Waals surface area contributed by atoms with Gasteiger partial charge in [0.15, 0.2) is 0 Å². The van der Waals surface area contributed by atoms with Gasteiger partial charge in [0.05, 0.1) is 5.56 Å². The average molecular weight is 475 g/mol. The van der Waals surface area contributed by atoms with Crippen LogP contribution >= 0.6 is 0 Å². The first-order valence-corrected chi connectivity index (χ1v) is 12.9. The highest BCUT2D eigenvalue weighted by Gasteiger charge is 2.24. The Labute approximate surface area is 208 Å². The first kappa shape index (κ1) is 23.8. The molecule has 1 aromatic carbocycles. The van der Waals surface area contributed by atoms with Crippen molar-refractivity contribution in [3.63, 3.8) is 0 Å². The standard InChI is InChI=1S/C28H38N6O/c1-28(2,3)31-27(35)24-7-6-10-29-26(24)34-15-13-33(14-16-34)19-21-8-9-25-22(17-21)18-23(30-25)20-32-11-4-5-12-32/h6-10,17-18,30H,4-5,11-16,19-20H2,1-3H3,(H,31,35). The number of hydrogen-bond acceptors (Lipinski definition) is 5. The molecule has 3 aromatic rings. The van der Waals surface area contributed by atoms with Crippen LogP contribution in [-0.4, -0.2) is 70.5 Å². The Bertz CT molecular complexity index is 1170. The van der Waals surface area contributed by atoms with Crippen molar-refractivity contribution in [1.29, 1.82) is 0 Å². The Morgan fingerprint density at radius 1 is 0.971 bits per heavy atom. The van der Waals surface area contributed by atoms with E-state index in [0.717, 1.165) is 45.1 Å². The van der Waals surface area contributed by atoms with Crippen molar-refractivity contribution in [1.82, 2.24) is 25.1 Å². The maximum atomic E-state index is 12.8. The number of carbonyl (C=O) groups excluding carboxylic acids is 1. The summed E-state index contributed by atoms with van der Waals surface area (Å²) in [5.41, 5.74) is 4.26. The van der Waals surface area contributed by atoms with Crippen LogP contribution in [0.15, 0.2) is 42.6 Å². The number of likely N-dealkylation sites (tertiary alicyclic amines) is 1. The van der Waals surface area contributed by atoms with E-state index >= 15 is 0 Å². The van der Waals surface area contributed by atoms with E-state index in [2.05, 4.69) is 54.2 Å². The minimum Gasteiger partial charge on any atom is -0.357 e. The molecule has 0 saturated carbocycles. The van der Waals surface area contributed by atoms with Gasteiger partial charge in [-0.3, -0.25) is 14.6 Å². The summed E-state index contributed by atoms with van der Waals surface area (Å²) in [4.78, 5) is 28.3. The van der Waals surface area contributed by atoms with E-state index in [-0.39, 0.29) is 11.4 Å². The third-order valence-corrected chi connectivity index (χ3v) is 6.93. The van der Waals surface area contributed by atoms with Gasteiger partial charge >= 0.3 is 0 Å². The molecule has 0 atom stereocenters. The molecule has 0 bridgehead atoms. The molecular weight excluding hydrogens is 436 g/mol. The van der Waals surface area contributed by atoms with Crippen LogP contribution in [0.3, 0.4) is 0 Å². The molecule has 7 nitrogen and oxygen atoms in total. The quantitative estimate of drug-likeness (QED) is 0.565. The molecule has 0 spiro atoms. The smallest absolute Gasteiger partial charge is 0.255 e. The summed E-state index contributed by atoms with van der Waals surface area (Å²) >= 11 is 0. The lowest BCUT2D eigenvalue weighted by atomic mass is 10.1. The van der Waals surface area contributed by atoms with Crippen LogP contribution in [0, 0.1) is 0 Å². The number of H-pyrrole nitrogens is 1. The van der Waals surface area contributed by atoms with E-state index in [9.17, 15) is 4.79 Å². The summed E-state index contributed by atoms with van der Waals surface area (Å²) < 4.78 is 0. The number of carbonyl (C=O) groups is 1. The molecule has 2 saturated heterocycles. The predicted molar refractivity (Wildman–Crippen MR) is 142 cm³/mol. The van der Waals surface area contributed by atoms with Gasteiger partial charge in [-0.15, -0.1) is 0 Å². The molecule has 2 aromatic heterocycles. The number of amides is 1. The zero-order valence-electron chi connectivity index (χ0n) is 21.3. The first-order chi connectivity index (χ1) is 16.8. The Kier molecular flexibility index (Phi) is 6.80. The summed E-state index contributed by atoms with van der Waals surface area (Å²) in [6.45, 7) is 14.0. The number of pyridine rings is 1. The number of hydrogen-bond donors (Lipinski definition) is 2. The second-order valence-corrected chi connectivity index (χ2v) is 11.0. The van der Waals surface area contributed by atoms with Gasteiger partial charge in [0.25, 0.3) is 5.91 Å². The Morgan fingerprint density at radius 3 is 2.46 bits per heavy atom. The zero-order chi connectivity index (χ0) is 24.4. The van der Waals surface area contributed by atoms with Crippen LogP contribution in [-0.2, 0) is 13.1 Å². The van der Waals surface area contributed by atoms with E-state index < -0.39 is 0 Å². The maximum absolute atomic E-state index is 12.8. The predicted octanol–water partition coefficient (Wildman–Crippen LogP) is 4.01. The fraction of sp³-hybridized carbons (Fsp3) is 0.500. The lowest BCUT2D eigenvalue weighted by Gasteiger charge is -2.36. The number of aromatic nitrogens is 2. The zero-order valence-corrected chi connectivity index (χ0v) is 21.3. The van der Waals surface area contributed by atoms with Crippen molar-refractivity contribution < 1.29 is 4.79 Å². The second-order valence-electron chi connectivity index (χ2n) is 11.0. The average Bonchev–Trinajstić information content (AvgIpc) is 3.48. The summed E-state index contributed by atoms with van der Waals surface area (Å²) in [5.74, 6) is 0.722. The van der Waals surface area contributed by atoms with Gasteiger partial charge in [0.1, 0.15) is 5.82 Å². The highest BCUT2D eigenvalue weighted by Crippen LogP contribution is 2.23. The summed E-state index contributed by atoms with van der Waals surface area (Å²) in [6.07, 6.45) is 4.42. The van der Waals surface area contributed by atoms with Crippen LogP contribution in [0.5, 0.6) is 0 Å². The summed E-state index contributed by atoms with van der Waals surface area (Å²) in [5, 5.41) is 4.38. The van der Waals surface area contributed by atoms with E-state index in [1.807, 2.05) is 32.9 Å². The molecule has 7 heteroatoms. The van der Waals surface area contributed by atoms with Gasteiger partial charge in [-0.1, -0.05) is 6.07 Å². The first-order valence-electron chi connectivity index (χ1n) is 12.9. The van der Waals surface area contributed by atoms with Gasteiger partial charge in [0.2, 0.25) is 0 Å². The third kappa shape index (κ3) is 5.85. The van der Waals surface area contributed by atoms with E-state index in [1.54, 1.807) is 6.20 Å². The lowest BCUT2D eigenvalue weighted by molar-refractivity contribution is 0.0919. The molecule has 4 heterocycles. The monoisotopic (exact) mass is 474 g/mol. The fourth-order valence-electron chi connectivity index (χ4n) is 5.22. The van der Waals surface area contributed by atoms with Gasteiger partial charge in [0, 0.05) is 67.6 Å². The molecule has 186 valence electrons. The minimum atomic E-state index is -0.279. The van der Waals surface area contributed by atoms with Crippen molar-refractivity contribution in [2.45, 2.75) is 52.2 Å². The molecule has 2 aliphatic rings. The molecule has 1 amide bonds. The van der Waals surface area contributed by atoms with E-state index in [1.165, 1.54) is 48.1 Å². The third-order valence-electron chi connectivity index (χ3n) is 6.93. The number of aromatic amines is 1. The van der Waals surface area contributed by atoms with Crippen molar-refractivity contribution in [2.75, 3.05) is 44.2 Å². The minimum absolute atomic E-state index is 0.0630. The van der Waals surface area contributed by atoms with Gasteiger partial charge < -0.3 is 15.2 Å². The Morgan fingerprint density at radius 2 is 1.71 bits per heavy atom. The SMILES string of the molecule is CC(C)(C)NC(=O)c1cccnc1N1CCN(Cc2ccc3[nH]c(CN4CCCC4)cc3c2)CC1. The number of nitrogens with one attached hydrogen (secondary N) is 2. The second kappa shape index (κ2) is 9.99. The molecule has 0 aliphatic carbocycles. The van der Waals surface area contributed by atoms with Gasteiger partial charge in [-0.25, -0.2) is 4.98 Å². The maximum Gasteiger partial charge on any atom is 0.255 e. The molecule has 0 unspecified atom stereocenters. The van der Waals surface area contributed by atoms with Crippen molar-refractivity contribution in [2.24, 2.45) is 0 Å². The molecular formula is C28H38N6O. The number of nitrogens with zero attached hydrogens (tertiary/aromatic N) is 4. The number of piperazine rings is 1. The molecule has 0 radical (unpaired) electrons. The van der Waals surface area contributed by atoms with Crippen LogP contribution in [0.25, 0.3) is 10.9 Å². The van der Waals surface area contributed by atoms with E-state index in [0.29, 0.717) is 5.56 Å².